The third-order valence-corrected chi connectivity index (χ3v) is 9.90. The van der Waals surface area contributed by atoms with Crippen LogP contribution in [0.25, 0.3) is 4.85 Å². The van der Waals surface area contributed by atoms with Crippen LogP contribution in [0.4, 0.5) is 14.5 Å². The molecule has 4 rings (SSSR count). The van der Waals surface area contributed by atoms with E-state index in [-0.39, 0.29) is 22.8 Å². The van der Waals surface area contributed by atoms with Gasteiger partial charge in [0.1, 0.15) is 10.8 Å². The first-order chi connectivity index (χ1) is 16.1. The van der Waals surface area contributed by atoms with Gasteiger partial charge in [-0.2, -0.15) is 0 Å². The molecule has 11 heteroatoms. The highest BCUT2D eigenvalue weighted by Crippen LogP contribution is 2.41. The SMILES string of the molecule is [C-]#[N+]c1cc(C(=O)N2CCS(=O)(=O)[C@](F)(c3ncc([C@H](C)c4ccccc4F)s3)C2)ccc1Br. The number of aromatic nitrogens is 1. The number of nitrogens with zero attached hydrogens (tertiary/aromatic N) is 3. The predicted octanol–water partition coefficient (Wildman–Crippen LogP) is 5.44. The fourth-order valence-electron chi connectivity index (χ4n) is 3.74. The van der Waals surface area contributed by atoms with Gasteiger partial charge in [0.15, 0.2) is 9.84 Å². The van der Waals surface area contributed by atoms with Crippen molar-refractivity contribution in [2.75, 3.05) is 18.8 Å². The minimum atomic E-state index is -4.27. The molecule has 6 nitrogen and oxygen atoms in total. The van der Waals surface area contributed by atoms with E-state index in [1.54, 1.807) is 31.2 Å². The second-order valence-corrected chi connectivity index (χ2v) is 12.1. The summed E-state index contributed by atoms with van der Waals surface area (Å²) in [6.45, 7) is 8.03. The fraction of sp³-hybridized carbons (Fsp3) is 0.261. The van der Waals surface area contributed by atoms with E-state index in [0.29, 0.717) is 14.9 Å². The topological polar surface area (TPSA) is 71.7 Å². The Balaban J connectivity index is 1.65. The highest BCUT2D eigenvalue weighted by molar-refractivity contribution is 9.10. The zero-order chi connectivity index (χ0) is 24.7. The van der Waals surface area contributed by atoms with E-state index in [4.69, 9.17) is 6.57 Å². The second kappa shape index (κ2) is 9.17. The van der Waals surface area contributed by atoms with Crippen molar-refractivity contribution in [3.8, 4) is 0 Å². The van der Waals surface area contributed by atoms with Crippen LogP contribution < -0.4 is 0 Å². The van der Waals surface area contributed by atoms with Gasteiger partial charge in [-0.05, 0) is 17.7 Å². The van der Waals surface area contributed by atoms with Gasteiger partial charge in [0, 0.05) is 33.6 Å². The van der Waals surface area contributed by atoms with Crippen LogP contribution in [0.15, 0.2) is 53.1 Å². The number of thiazole rings is 1. The number of sulfone groups is 1. The lowest BCUT2D eigenvalue weighted by molar-refractivity contribution is 0.0666. The van der Waals surface area contributed by atoms with Crippen LogP contribution in [0.5, 0.6) is 0 Å². The molecule has 0 saturated carbocycles. The highest BCUT2D eigenvalue weighted by Gasteiger charge is 2.53. The molecule has 176 valence electrons. The van der Waals surface area contributed by atoms with Gasteiger partial charge in [-0.25, -0.2) is 27.0 Å². The van der Waals surface area contributed by atoms with E-state index in [0.717, 1.165) is 16.2 Å². The van der Waals surface area contributed by atoms with Crippen LogP contribution in [-0.4, -0.2) is 43.1 Å². The van der Waals surface area contributed by atoms with Crippen LogP contribution in [0.2, 0.25) is 0 Å². The molecule has 1 aliphatic rings. The van der Waals surface area contributed by atoms with Crippen molar-refractivity contribution in [1.29, 1.82) is 0 Å². The number of hydrogen-bond donors (Lipinski definition) is 0. The summed E-state index contributed by atoms with van der Waals surface area (Å²) in [5.74, 6) is -2.03. The quantitative estimate of drug-likeness (QED) is 0.395. The summed E-state index contributed by atoms with van der Waals surface area (Å²) in [6.07, 6.45) is 1.35. The molecule has 1 fully saturated rings. The molecule has 34 heavy (non-hydrogen) atoms. The van der Waals surface area contributed by atoms with Crippen molar-refractivity contribution in [1.82, 2.24) is 9.88 Å². The maximum absolute atomic E-state index is 16.2. The summed E-state index contributed by atoms with van der Waals surface area (Å²) >= 11 is 4.08. The van der Waals surface area contributed by atoms with Crippen LogP contribution in [-0.2, 0) is 14.8 Å². The smallest absolute Gasteiger partial charge is 0.278 e. The zero-order valence-electron chi connectivity index (χ0n) is 17.8. The average Bonchev–Trinajstić information content (AvgIpc) is 3.32. The molecule has 0 spiro atoms. The van der Waals surface area contributed by atoms with E-state index in [1.807, 2.05) is 0 Å². The zero-order valence-corrected chi connectivity index (χ0v) is 21.1. The van der Waals surface area contributed by atoms with E-state index in [9.17, 15) is 17.6 Å². The van der Waals surface area contributed by atoms with Gasteiger partial charge in [-0.1, -0.05) is 53.2 Å². The maximum atomic E-state index is 16.2. The van der Waals surface area contributed by atoms with Crippen LogP contribution in [0, 0.1) is 12.4 Å². The Bertz CT molecular complexity index is 1420. The molecule has 0 aliphatic carbocycles. The number of amides is 1. The predicted molar refractivity (Wildman–Crippen MR) is 129 cm³/mol. The summed E-state index contributed by atoms with van der Waals surface area (Å²) in [7, 11) is -4.27. The van der Waals surface area contributed by atoms with Crippen molar-refractivity contribution in [2.45, 2.75) is 17.8 Å². The minimum Gasteiger partial charge on any atom is -0.333 e. The molecule has 1 saturated heterocycles. The molecule has 3 aromatic rings. The van der Waals surface area contributed by atoms with Gasteiger partial charge in [-0.3, -0.25) is 4.79 Å². The number of alkyl halides is 1. The molecule has 0 N–H and O–H groups in total. The Kier molecular flexibility index (Phi) is 6.59. The largest absolute Gasteiger partial charge is 0.333 e. The van der Waals surface area contributed by atoms with Crippen molar-refractivity contribution < 1.29 is 22.0 Å². The summed E-state index contributed by atoms with van der Waals surface area (Å²) in [6, 6.07) is 10.6. The Morgan fingerprint density at radius 3 is 2.76 bits per heavy atom. The van der Waals surface area contributed by atoms with Crippen LogP contribution in [0.3, 0.4) is 0 Å². The van der Waals surface area contributed by atoms with Crippen LogP contribution in [0.1, 0.15) is 38.6 Å². The second-order valence-electron chi connectivity index (χ2n) is 7.86. The van der Waals surface area contributed by atoms with E-state index in [2.05, 4.69) is 25.8 Å². The summed E-state index contributed by atoms with van der Waals surface area (Å²) in [4.78, 5) is 22.0. The van der Waals surface area contributed by atoms with Gasteiger partial charge in [0.2, 0.25) is 5.69 Å². The minimum absolute atomic E-state index is 0.156. The Hall–Kier alpha value is -2.68. The average molecular weight is 566 g/mol. The fourth-order valence-corrected chi connectivity index (χ4v) is 6.99. The lowest BCUT2D eigenvalue weighted by atomic mass is 10.00. The van der Waals surface area contributed by atoms with Gasteiger partial charge in [0.25, 0.3) is 10.9 Å². The Morgan fingerprint density at radius 1 is 1.32 bits per heavy atom. The highest BCUT2D eigenvalue weighted by atomic mass is 79.9. The number of rotatable bonds is 4. The van der Waals surface area contributed by atoms with Gasteiger partial charge in [0.05, 0.1) is 18.9 Å². The lowest BCUT2D eigenvalue weighted by Gasteiger charge is -2.35. The molecular formula is C23H18BrF2N3O3S2. The van der Waals surface area contributed by atoms with Crippen molar-refractivity contribution in [3.63, 3.8) is 0 Å². The van der Waals surface area contributed by atoms with E-state index < -0.39 is 44.8 Å². The normalized spacial score (nSPS) is 20.5. The summed E-state index contributed by atoms with van der Waals surface area (Å²) in [5.41, 5.74) is 0.761. The van der Waals surface area contributed by atoms with Crippen molar-refractivity contribution in [3.05, 3.63) is 91.4 Å². The number of hydrogen-bond acceptors (Lipinski definition) is 5. The molecule has 1 amide bonds. The molecule has 1 aromatic heterocycles. The van der Waals surface area contributed by atoms with Gasteiger partial charge in [-0.15, -0.1) is 11.3 Å². The number of carbonyl (C=O) groups is 1. The molecule has 0 bridgehead atoms. The first-order valence-electron chi connectivity index (χ1n) is 10.2. The third kappa shape index (κ3) is 4.26. The van der Waals surface area contributed by atoms with Crippen molar-refractivity contribution >= 4 is 48.7 Å². The lowest BCUT2D eigenvalue weighted by Crippen LogP contribution is -2.53. The van der Waals surface area contributed by atoms with Crippen molar-refractivity contribution in [2.24, 2.45) is 0 Å². The Morgan fingerprint density at radius 2 is 2.06 bits per heavy atom. The summed E-state index contributed by atoms with van der Waals surface area (Å²) < 4.78 is 56.6. The molecule has 0 radical (unpaired) electrons. The maximum Gasteiger partial charge on any atom is 0.278 e. The molecule has 2 aromatic carbocycles. The van der Waals surface area contributed by atoms with E-state index in [1.165, 1.54) is 24.4 Å². The molecule has 2 atom stereocenters. The molecule has 2 heterocycles. The number of halogens is 3. The first-order valence-corrected chi connectivity index (χ1v) is 13.4. The summed E-state index contributed by atoms with van der Waals surface area (Å²) in [5, 5.41) is -3.18. The Labute approximate surface area is 208 Å². The molecule has 0 unspecified atom stereocenters. The number of benzene rings is 2. The van der Waals surface area contributed by atoms with Crippen LogP contribution >= 0.6 is 27.3 Å². The molecular weight excluding hydrogens is 548 g/mol. The van der Waals surface area contributed by atoms with Gasteiger partial charge < -0.3 is 4.90 Å². The van der Waals surface area contributed by atoms with Gasteiger partial charge >= 0.3 is 0 Å². The first kappa shape index (κ1) is 24.4. The third-order valence-electron chi connectivity index (χ3n) is 5.76. The van der Waals surface area contributed by atoms with E-state index >= 15 is 4.39 Å². The molecule has 1 aliphatic heterocycles. The monoisotopic (exact) mass is 565 g/mol. The standard InChI is InChI=1S/C23H18BrF2N3O3S2/c1-14(16-5-3-4-6-18(16)25)20-12-28-22(33-20)23(26)13-29(9-10-34(23,31)32)21(30)15-7-8-17(24)19(11-15)27-2/h3-8,11-12,14H,9-10,13H2,1H3/t14-,23+/m1/s1. The number of carbonyl (C=O) groups excluding carboxylic acids is 1.